The Balaban J connectivity index is 1.96. The number of nitrogens with zero attached hydrogens (tertiary/aromatic N) is 1. The maximum absolute atomic E-state index is 12.3. The van der Waals surface area contributed by atoms with E-state index in [1.807, 2.05) is 42.5 Å². The SMILES string of the molecule is CON=CCCC(COC(=O)c1ccc(-c2ccccc2)cc1)OS(C)(=O)=O. The monoisotopic (exact) mass is 405 g/mol. The van der Waals surface area contributed by atoms with Crippen LogP contribution in [0.2, 0.25) is 0 Å². The molecule has 0 amide bonds. The molecule has 1 unspecified atom stereocenters. The van der Waals surface area contributed by atoms with Crippen molar-refractivity contribution in [3.63, 3.8) is 0 Å². The molecule has 0 aliphatic rings. The lowest BCUT2D eigenvalue weighted by Crippen LogP contribution is -2.25. The van der Waals surface area contributed by atoms with Gasteiger partial charge in [0.1, 0.15) is 19.8 Å². The molecule has 1 atom stereocenters. The first-order valence-electron chi connectivity index (χ1n) is 8.65. The Morgan fingerprint density at radius 1 is 1.07 bits per heavy atom. The average molecular weight is 405 g/mol. The van der Waals surface area contributed by atoms with Gasteiger partial charge in [-0.1, -0.05) is 47.6 Å². The summed E-state index contributed by atoms with van der Waals surface area (Å²) in [6, 6.07) is 16.8. The molecule has 0 aromatic heterocycles. The van der Waals surface area contributed by atoms with Crippen LogP contribution >= 0.6 is 0 Å². The molecule has 2 rings (SSSR count). The van der Waals surface area contributed by atoms with E-state index in [1.54, 1.807) is 12.1 Å². The number of rotatable bonds is 10. The number of carbonyl (C=O) groups excluding carboxylic acids is 1. The van der Waals surface area contributed by atoms with Crippen LogP contribution in [0.4, 0.5) is 0 Å². The van der Waals surface area contributed by atoms with E-state index in [1.165, 1.54) is 13.3 Å². The molecule has 0 aliphatic carbocycles. The van der Waals surface area contributed by atoms with Crippen molar-refractivity contribution in [3.05, 3.63) is 60.2 Å². The summed E-state index contributed by atoms with van der Waals surface area (Å²) < 4.78 is 33.0. The molecule has 0 spiro atoms. The molecule has 0 N–H and O–H groups in total. The molecule has 0 saturated heterocycles. The lowest BCUT2D eigenvalue weighted by Gasteiger charge is -2.15. The van der Waals surface area contributed by atoms with Crippen molar-refractivity contribution in [2.45, 2.75) is 18.9 Å². The lowest BCUT2D eigenvalue weighted by molar-refractivity contribution is 0.0312. The minimum Gasteiger partial charge on any atom is -0.459 e. The fraction of sp³-hybridized carbons (Fsp3) is 0.300. The van der Waals surface area contributed by atoms with Gasteiger partial charge in [0.25, 0.3) is 10.1 Å². The second kappa shape index (κ2) is 10.6. The zero-order valence-corrected chi connectivity index (χ0v) is 16.6. The summed E-state index contributed by atoms with van der Waals surface area (Å²) in [7, 11) is -2.27. The van der Waals surface area contributed by atoms with Crippen LogP contribution in [-0.4, -0.2) is 46.7 Å². The van der Waals surface area contributed by atoms with Gasteiger partial charge >= 0.3 is 5.97 Å². The third kappa shape index (κ3) is 7.50. The fourth-order valence-corrected chi connectivity index (χ4v) is 3.12. The van der Waals surface area contributed by atoms with Crippen LogP contribution in [0.3, 0.4) is 0 Å². The molecule has 0 bridgehead atoms. The van der Waals surface area contributed by atoms with Crippen LogP contribution in [0.25, 0.3) is 11.1 Å². The lowest BCUT2D eigenvalue weighted by atomic mass is 10.0. The van der Waals surface area contributed by atoms with E-state index in [-0.39, 0.29) is 6.61 Å². The molecule has 28 heavy (non-hydrogen) atoms. The Bertz CT molecular complexity index is 879. The zero-order chi connectivity index (χ0) is 20.4. The van der Waals surface area contributed by atoms with Crippen molar-refractivity contribution in [2.75, 3.05) is 20.0 Å². The van der Waals surface area contributed by atoms with E-state index in [2.05, 4.69) is 9.99 Å². The molecular formula is C20H23NO6S. The number of esters is 1. The molecule has 0 saturated carbocycles. The van der Waals surface area contributed by atoms with Crippen molar-refractivity contribution in [1.29, 1.82) is 0 Å². The van der Waals surface area contributed by atoms with Crippen LogP contribution in [0.1, 0.15) is 23.2 Å². The molecule has 0 fully saturated rings. The first kappa shape index (κ1) is 21.6. The minimum atomic E-state index is -3.68. The summed E-state index contributed by atoms with van der Waals surface area (Å²) in [5.41, 5.74) is 2.40. The number of oxime groups is 1. The van der Waals surface area contributed by atoms with E-state index in [0.29, 0.717) is 18.4 Å². The number of ether oxygens (including phenoxy) is 1. The molecule has 8 heteroatoms. The van der Waals surface area contributed by atoms with Crippen LogP contribution in [0, 0.1) is 0 Å². The van der Waals surface area contributed by atoms with E-state index < -0.39 is 22.2 Å². The van der Waals surface area contributed by atoms with Gasteiger partial charge in [-0.15, -0.1) is 0 Å². The predicted octanol–water partition coefficient (Wildman–Crippen LogP) is 3.27. The maximum Gasteiger partial charge on any atom is 0.338 e. The third-order valence-electron chi connectivity index (χ3n) is 3.74. The molecular weight excluding hydrogens is 382 g/mol. The first-order valence-corrected chi connectivity index (χ1v) is 10.5. The number of benzene rings is 2. The number of hydrogen-bond acceptors (Lipinski definition) is 7. The smallest absolute Gasteiger partial charge is 0.338 e. The van der Waals surface area contributed by atoms with E-state index in [4.69, 9.17) is 8.92 Å². The summed E-state index contributed by atoms with van der Waals surface area (Å²) in [4.78, 5) is 16.8. The van der Waals surface area contributed by atoms with Gasteiger partial charge in [0, 0.05) is 6.21 Å². The predicted molar refractivity (Wildman–Crippen MR) is 107 cm³/mol. The van der Waals surface area contributed by atoms with Gasteiger partial charge in [0.05, 0.1) is 11.8 Å². The molecule has 2 aromatic rings. The van der Waals surface area contributed by atoms with E-state index in [0.717, 1.165) is 17.4 Å². The van der Waals surface area contributed by atoms with Gasteiger partial charge in [-0.05, 0) is 36.1 Å². The van der Waals surface area contributed by atoms with Gasteiger partial charge in [0.2, 0.25) is 0 Å². The van der Waals surface area contributed by atoms with Crippen LogP contribution in [-0.2, 0) is 23.9 Å². The van der Waals surface area contributed by atoms with E-state index >= 15 is 0 Å². The zero-order valence-electron chi connectivity index (χ0n) is 15.8. The normalized spacial score (nSPS) is 12.6. The van der Waals surface area contributed by atoms with E-state index in [9.17, 15) is 13.2 Å². The average Bonchev–Trinajstić information content (AvgIpc) is 2.69. The molecule has 0 heterocycles. The Hall–Kier alpha value is -2.71. The second-order valence-electron chi connectivity index (χ2n) is 6.01. The Morgan fingerprint density at radius 2 is 1.71 bits per heavy atom. The first-order chi connectivity index (χ1) is 13.4. The summed E-state index contributed by atoms with van der Waals surface area (Å²) in [6.45, 7) is -0.187. The molecule has 0 aliphatic heterocycles. The van der Waals surface area contributed by atoms with Crippen molar-refractivity contribution < 1.29 is 27.0 Å². The van der Waals surface area contributed by atoms with Crippen LogP contribution in [0.15, 0.2) is 59.8 Å². The molecule has 2 aromatic carbocycles. The molecule has 0 radical (unpaired) electrons. The minimum absolute atomic E-state index is 0.187. The van der Waals surface area contributed by atoms with Crippen molar-refractivity contribution in [2.24, 2.45) is 5.16 Å². The van der Waals surface area contributed by atoms with Crippen molar-refractivity contribution >= 4 is 22.3 Å². The largest absolute Gasteiger partial charge is 0.459 e. The highest BCUT2D eigenvalue weighted by molar-refractivity contribution is 7.86. The fourth-order valence-electron chi connectivity index (χ4n) is 2.48. The Kier molecular flexibility index (Phi) is 8.16. The summed E-state index contributed by atoms with van der Waals surface area (Å²) in [5, 5.41) is 3.58. The molecule has 150 valence electrons. The third-order valence-corrected chi connectivity index (χ3v) is 4.36. The highest BCUT2D eigenvalue weighted by atomic mass is 32.2. The maximum atomic E-state index is 12.3. The summed E-state index contributed by atoms with van der Waals surface area (Å²) >= 11 is 0. The quantitative estimate of drug-likeness (QED) is 0.261. The van der Waals surface area contributed by atoms with Crippen LogP contribution < -0.4 is 0 Å². The topological polar surface area (TPSA) is 91.3 Å². The van der Waals surface area contributed by atoms with Gasteiger partial charge in [-0.3, -0.25) is 4.18 Å². The van der Waals surface area contributed by atoms with Crippen LogP contribution in [0.5, 0.6) is 0 Å². The van der Waals surface area contributed by atoms with Gasteiger partial charge in [-0.25, -0.2) is 4.79 Å². The number of carbonyl (C=O) groups is 1. The van der Waals surface area contributed by atoms with Crippen molar-refractivity contribution in [3.8, 4) is 11.1 Å². The summed E-state index contributed by atoms with van der Waals surface area (Å²) in [6.07, 6.45) is 2.36. The highest BCUT2D eigenvalue weighted by Crippen LogP contribution is 2.19. The Morgan fingerprint density at radius 3 is 2.32 bits per heavy atom. The number of hydrogen-bond donors (Lipinski definition) is 0. The summed E-state index contributed by atoms with van der Waals surface area (Å²) in [5.74, 6) is -0.549. The second-order valence-corrected chi connectivity index (χ2v) is 7.61. The highest BCUT2D eigenvalue weighted by Gasteiger charge is 2.18. The van der Waals surface area contributed by atoms with Gasteiger partial charge in [0.15, 0.2) is 0 Å². The van der Waals surface area contributed by atoms with Crippen molar-refractivity contribution in [1.82, 2.24) is 0 Å². The standard InChI is InChI=1S/C20H23NO6S/c1-25-21-14-6-9-19(27-28(2,23)24)15-26-20(22)18-12-10-17(11-13-18)16-7-4-3-5-8-16/h3-5,7-8,10-14,19H,6,9,15H2,1-2H3. The van der Waals surface area contributed by atoms with Gasteiger partial charge < -0.3 is 9.57 Å². The Labute approximate surface area is 165 Å². The van der Waals surface area contributed by atoms with Gasteiger partial charge in [-0.2, -0.15) is 8.42 Å². The molecule has 7 nitrogen and oxygen atoms in total.